The van der Waals surface area contributed by atoms with E-state index >= 15 is 0 Å². The number of methoxy groups -OCH3 is 1. The van der Waals surface area contributed by atoms with E-state index in [0.29, 0.717) is 12.1 Å². The third kappa shape index (κ3) is 4.37. The third-order valence-electron chi connectivity index (χ3n) is 5.28. The van der Waals surface area contributed by atoms with E-state index in [-0.39, 0.29) is 12.0 Å². The van der Waals surface area contributed by atoms with Crippen LogP contribution in [-0.4, -0.2) is 54.1 Å². The molecule has 0 bridgehead atoms. The van der Waals surface area contributed by atoms with Gasteiger partial charge in [0.2, 0.25) is 0 Å². The highest BCUT2D eigenvalue weighted by Crippen LogP contribution is 2.25. The summed E-state index contributed by atoms with van der Waals surface area (Å²) in [5.74, 6) is -0.0951. The van der Waals surface area contributed by atoms with Crippen LogP contribution in [0.5, 0.6) is 0 Å². The Hall–Kier alpha value is -1.39. The highest BCUT2D eigenvalue weighted by Gasteiger charge is 2.38. The second kappa shape index (κ2) is 9.19. The molecular weight excluding hydrogens is 300 g/mol. The summed E-state index contributed by atoms with van der Waals surface area (Å²) >= 11 is 0. The number of carbonyl (C=O) groups is 1. The molecule has 4 nitrogen and oxygen atoms in total. The fourth-order valence-corrected chi connectivity index (χ4v) is 3.85. The normalized spacial score (nSPS) is 23.8. The number of carbonyl (C=O) groups excluding carboxylic acids is 1. The van der Waals surface area contributed by atoms with Gasteiger partial charge < -0.3 is 4.74 Å². The van der Waals surface area contributed by atoms with Crippen molar-refractivity contribution in [3.63, 3.8) is 0 Å². The average molecular weight is 332 g/mol. The summed E-state index contributed by atoms with van der Waals surface area (Å²) in [4.78, 5) is 17.2. The molecule has 0 aromatic heterocycles. The Morgan fingerprint density at radius 2 is 1.79 bits per heavy atom. The van der Waals surface area contributed by atoms with Crippen molar-refractivity contribution in [3.05, 3.63) is 35.9 Å². The standard InChI is InChI=1S/C20H32N2O2/c1-5-17-15-22(19(7-3)20(23)24-4)18(6-2)14-21(17)13-16-11-9-8-10-12-16/h8-12,17-19H,5-7,13-15H2,1-4H3/t17-,18+,19?/m0/s1. The van der Waals surface area contributed by atoms with Crippen LogP contribution in [0.1, 0.15) is 45.6 Å². The van der Waals surface area contributed by atoms with Crippen molar-refractivity contribution in [3.8, 4) is 0 Å². The van der Waals surface area contributed by atoms with Crippen molar-refractivity contribution < 1.29 is 9.53 Å². The minimum atomic E-state index is -0.118. The van der Waals surface area contributed by atoms with Crippen LogP contribution in [0.4, 0.5) is 0 Å². The first-order chi connectivity index (χ1) is 11.6. The molecule has 4 heteroatoms. The van der Waals surface area contributed by atoms with E-state index in [0.717, 1.165) is 38.9 Å². The number of ether oxygens (including phenoxy) is 1. The number of esters is 1. The van der Waals surface area contributed by atoms with Gasteiger partial charge in [0.05, 0.1) is 7.11 Å². The molecule has 0 radical (unpaired) electrons. The average Bonchev–Trinajstić information content (AvgIpc) is 2.63. The number of nitrogens with zero attached hydrogens (tertiary/aromatic N) is 2. The largest absolute Gasteiger partial charge is 0.468 e. The Labute approximate surface area is 146 Å². The minimum absolute atomic E-state index is 0.0951. The maximum atomic E-state index is 12.2. The summed E-state index contributed by atoms with van der Waals surface area (Å²) in [5.41, 5.74) is 1.36. The van der Waals surface area contributed by atoms with E-state index in [1.165, 1.54) is 12.7 Å². The molecule has 134 valence electrons. The van der Waals surface area contributed by atoms with Gasteiger partial charge in [-0.05, 0) is 24.8 Å². The number of benzene rings is 1. The molecule has 0 saturated carbocycles. The topological polar surface area (TPSA) is 32.8 Å². The van der Waals surface area contributed by atoms with E-state index in [1.54, 1.807) is 0 Å². The van der Waals surface area contributed by atoms with E-state index in [9.17, 15) is 4.79 Å². The predicted molar refractivity (Wildman–Crippen MR) is 97.8 cm³/mol. The lowest BCUT2D eigenvalue weighted by molar-refractivity contribution is -0.150. The van der Waals surface area contributed by atoms with Crippen molar-refractivity contribution in [2.45, 2.75) is 64.7 Å². The van der Waals surface area contributed by atoms with Crippen molar-refractivity contribution in [1.82, 2.24) is 9.80 Å². The molecular formula is C20H32N2O2. The van der Waals surface area contributed by atoms with E-state index in [2.05, 4.69) is 60.9 Å². The molecule has 1 aliphatic heterocycles. The second-order valence-corrected chi connectivity index (χ2v) is 6.68. The highest BCUT2D eigenvalue weighted by atomic mass is 16.5. The molecule has 3 atom stereocenters. The molecule has 1 aromatic rings. The maximum Gasteiger partial charge on any atom is 0.323 e. The summed E-state index contributed by atoms with van der Waals surface area (Å²) in [7, 11) is 1.49. The number of hydrogen-bond acceptors (Lipinski definition) is 4. The van der Waals surface area contributed by atoms with Crippen LogP contribution in [0.2, 0.25) is 0 Å². The van der Waals surface area contributed by atoms with Gasteiger partial charge in [-0.25, -0.2) is 0 Å². The molecule has 1 saturated heterocycles. The van der Waals surface area contributed by atoms with Crippen molar-refractivity contribution in [2.75, 3.05) is 20.2 Å². The van der Waals surface area contributed by atoms with Crippen molar-refractivity contribution >= 4 is 5.97 Å². The van der Waals surface area contributed by atoms with Crippen LogP contribution in [0, 0.1) is 0 Å². The van der Waals surface area contributed by atoms with Gasteiger partial charge in [-0.2, -0.15) is 0 Å². The smallest absolute Gasteiger partial charge is 0.323 e. The maximum absolute atomic E-state index is 12.2. The Morgan fingerprint density at radius 1 is 1.12 bits per heavy atom. The fourth-order valence-electron chi connectivity index (χ4n) is 3.85. The lowest BCUT2D eigenvalue weighted by Crippen LogP contribution is -2.61. The van der Waals surface area contributed by atoms with Gasteiger partial charge in [-0.3, -0.25) is 14.6 Å². The Balaban J connectivity index is 2.15. The summed E-state index contributed by atoms with van der Waals surface area (Å²) < 4.78 is 5.05. The summed E-state index contributed by atoms with van der Waals surface area (Å²) in [6.45, 7) is 9.47. The van der Waals surface area contributed by atoms with Crippen LogP contribution in [-0.2, 0) is 16.1 Å². The minimum Gasteiger partial charge on any atom is -0.468 e. The van der Waals surface area contributed by atoms with Gasteiger partial charge in [-0.1, -0.05) is 51.1 Å². The SMILES string of the molecule is CCC(C(=O)OC)N1C[C@H](CC)N(Cc2ccccc2)C[C@H]1CC. The summed E-state index contributed by atoms with van der Waals surface area (Å²) in [5, 5.41) is 0. The first kappa shape index (κ1) is 18.9. The van der Waals surface area contributed by atoms with Crippen LogP contribution in [0.25, 0.3) is 0 Å². The summed E-state index contributed by atoms with van der Waals surface area (Å²) in [6, 6.07) is 11.4. The molecule has 1 aliphatic rings. The van der Waals surface area contributed by atoms with Crippen LogP contribution >= 0.6 is 0 Å². The van der Waals surface area contributed by atoms with Gasteiger partial charge in [0, 0.05) is 31.7 Å². The van der Waals surface area contributed by atoms with E-state index in [1.807, 2.05) is 0 Å². The van der Waals surface area contributed by atoms with Crippen LogP contribution in [0.3, 0.4) is 0 Å². The quantitative estimate of drug-likeness (QED) is 0.717. The molecule has 0 N–H and O–H groups in total. The molecule has 1 unspecified atom stereocenters. The third-order valence-corrected chi connectivity index (χ3v) is 5.28. The lowest BCUT2D eigenvalue weighted by atomic mass is 9.98. The predicted octanol–water partition coefficient (Wildman–Crippen LogP) is 3.31. The molecule has 1 fully saturated rings. The Bertz CT molecular complexity index is 506. The molecule has 1 heterocycles. The number of piperazine rings is 1. The van der Waals surface area contributed by atoms with Gasteiger partial charge in [-0.15, -0.1) is 0 Å². The number of hydrogen-bond donors (Lipinski definition) is 0. The lowest BCUT2D eigenvalue weighted by Gasteiger charge is -2.48. The zero-order chi connectivity index (χ0) is 17.5. The zero-order valence-corrected chi connectivity index (χ0v) is 15.6. The fraction of sp³-hybridized carbons (Fsp3) is 0.650. The van der Waals surface area contributed by atoms with Crippen molar-refractivity contribution in [1.29, 1.82) is 0 Å². The van der Waals surface area contributed by atoms with Gasteiger partial charge >= 0.3 is 5.97 Å². The van der Waals surface area contributed by atoms with Crippen LogP contribution < -0.4 is 0 Å². The summed E-state index contributed by atoms with van der Waals surface area (Å²) in [6.07, 6.45) is 2.95. The van der Waals surface area contributed by atoms with Crippen LogP contribution in [0.15, 0.2) is 30.3 Å². The highest BCUT2D eigenvalue weighted by molar-refractivity contribution is 5.75. The Kier molecular flexibility index (Phi) is 7.25. The molecule has 0 spiro atoms. The molecule has 1 aromatic carbocycles. The molecule has 24 heavy (non-hydrogen) atoms. The van der Waals surface area contributed by atoms with Crippen molar-refractivity contribution in [2.24, 2.45) is 0 Å². The van der Waals surface area contributed by atoms with E-state index in [4.69, 9.17) is 4.74 Å². The van der Waals surface area contributed by atoms with Gasteiger partial charge in [0.25, 0.3) is 0 Å². The van der Waals surface area contributed by atoms with E-state index < -0.39 is 0 Å². The van der Waals surface area contributed by atoms with Gasteiger partial charge in [0.1, 0.15) is 6.04 Å². The number of rotatable bonds is 7. The molecule has 2 rings (SSSR count). The van der Waals surface area contributed by atoms with Gasteiger partial charge in [0.15, 0.2) is 0 Å². The monoisotopic (exact) mass is 332 g/mol. The zero-order valence-electron chi connectivity index (χ0n) is 15.6. The Morgan fingerprint density at radius 3 is 2.33 bits per heavy atom. The molecule has 0 amide bonds. The first-order valence-electron chi connectivity index (χ1n) is 9.26. The second-order valence-electron chi connectivity index (χ2n) is 6.68. The first-order valence-corrected chi connectivity index (χ1v) is 9.26. The molecule has 0 aliphatic carbocycles.